The number of anilines is 1. The van der Waals surface area contributed by atoms with Gasteiger partial charge in [-0.1, -0.05) is 6.07 Å². The number of carbonyl (C=O) groups is 1. The Hall–Kier alpha value is -2.64. The Kier molecular flexibility index (Phi) is 4.83. The molecule has 0 aliphatic rings. The molecule has 1 N–H and O–H groups in total. The number of hydrogen-bond acceptors (Lipinski definition) is 2. The van der Waals surface area contributed by atoms with E-state index < -0.39 is 47.3 Å². The van der Waals surface area contributed by atoms with Gasteiger partial charge >= 0.3 is 0 Å². The van der Waals surface area contributed by atoms with E-state index >= 15 is 0 Å². The lowest BCUT2D eigenvalue weighted by atomic mass is 10.2. The molecule has 23 heavy (non-hydrogen) atoms. The number of halogens is 5. The molecule has 0 fully saturated rings. The van der Waals surface area contributed by atoms with Crippen LogP contribution in [0.1, 0.15) is 5.56 Å². The van der Waals surface area contributed by atoms with Gasteiger partial charge in [0.2, 0.25) is 11.6 Å². The number of carbonyl (C=O) groups excluding carboxylic acids is 1. The molecule has 0 unspecified atom stereocenters. The largest absolute Gasteiger partial charge is 0.477 e. The molecule has 0 saturated carbocycles. The van der Waals surface area contributed by atoms with Gasteiger partial charge in [-0.3, -0.25) is 4.79 Å². The minimum atomic E-state index is -1.75. The molecule has 0 radical (unpaired) electrons. The summed E-state index contributed by atoms with van der Waals surface area (Å²) in [4.78, 5) is 11.6. The zero-order chi connectivity index (χ0) is 17.1. The molecule has 122 valence electrons. The maximum absolute atomic E-state index is 13.3. The fourth-order valence-electron chi connectivity index (χ4n) is 1.68. The van der Waals surface area contributed by atoms with Crippen LogP contribution in [0, 0.1) is 36.0 Å². The minimum absolute atomic E-state index is 0.0205. The summed E-state index contributed by atoms with van der Waals surface area (Å²) in [5.41, 5.74) is 0.451. The lowest BCUT2D eigenvalue weighted by Crippen LogP contribution is -2.21. The summed E-state index contributed by atoms with van der Waals surface area (Å²) < 4.78 is 70.4. The van der Waals surface area contributed by atoms with Crippen LogP contribution in [-0.2, 0) is 4.79 Å². The first kappa shape index (κ1) is 16.7. The Morgan fingerprint density at radius 3 is 2.17 bits per heavy atom. The van der Waals surface area contributed by atoms with Crippen LogP contribution in [0.15, 0.2) is 24.3 Å². The van der Waals surface area contributed by atoms with E-state index in [0.29, 0.717) is 5.56 Å². The van der Waals surface area contributed by atoms with Gasteiger partial charge in [0.25, 0.3) is 5.91 Å². The number of ether oxygens (including phenoxy) is 1. The van der Waals surface area contributed by atoms with E-state index in [9.17, 15) is 26.7 Å². The number of aryl methyl sites for hydroxylation is 1. The molecule has 0 aliphatic heterocycles. The fourth-order valence-corrected chi connectivity index (χ4v) is 1.68. The van der Waals surface area contributed by atoms with Crippen LogP contribution >= 0.6 is 0 Å². The lowest BCUT2D eigenvalue weighted by Gasteiger charge is -2.10. The predicted octanol–water partition coefficient (Wildman–Crippen LogP) is 3.71. The fraction of sp³-hybridized carbons (Fsp3) is 0.133. The van der Waals surface area contributed by atoms with Crippen LogP contribution in [0.2, 0.25) is 0 Å². The van der Waals surface area contributed by atoms with Crippen molar-refractivity contribution in [2.45, 2.75) is 6.92 Å². The van der Waals surface area contributed by atoms with Gasteiger partial charge in [-0.15, -0.1) is 0 Å². The first-order chi connectivity index (χ1) is 10.8. The van der Waals surface area contributed by atoms with Crippen molar-refractivity contribution in [3.8, 4) is 5.75 Å². The van der Waals surface area contributed by atoms with Gasteiger partial charge in [0.15, 0.2) is 24.0 Å². The Labute approximate surface area is 127 Å². The topological polar surface area (TPSA) is 38.3 Å². The van der Waals surface area contributed by atoms with E-state index in [4.69, 9.17) is 0 Å². The monoisotopic (exact) mass is 331 g/mol. The third-order valence-corrected chi connectivity index (χ3v) is 2.87. The molecule has 0 bridgehead atoms. The predicted molar refractivity (Wildman–Crippen MR) is 71.5 cm³/mol. The molecule has 0 saturated heterocycles. The second-order valence-corrected chi connectivity index (χ2v) is 4.60. The number of rotatable bonds is 4. The number of nitrogens with one attached hydrogen (secondary N) is 1. The standard InChI is InChI=1S/C15H10F5NO2/c1-7-2-3-8(4-9(7)16)21-12(22)6-23-15-13(19)10(17)5-11(18)14(15)20/h2-5H,6H2,1H3,(H,21,22). The van der Waals surface area contributed by atoms with Gasteiger partial charge in [0.05, 0.1) is 0 Å². The van der Waals surface area contributed by atoms with Crippen molar-refractivity contribution in [2.75, 3.05) is 11.9 Å². The summed E-state index contributed by atoms with van der Waals surface area (Å²) in [5.74, 6) is -9.60. The summed E-state index contributed by atoms with van der Waals surface area (Å²) in [5, 5.41) is 2.21. The van der Waals surface area contributed by atoms with Crippen molar-refractivity contribution in [3.05, 3.63) is 58.9 Å². The zero-order valence-corrected chi connectivity index (χ0v) is 11.7. The van der Waals surface area contributed by atoms with Gasteiger partial charge in [0.1, 0.15) is 5.82 Å². The van der Waals surface area contributed by atoms with Crippen molar-refractivity contribution in [3.63, 3.8) is 0 Å². The van der Waals surface area contributed by atoms with E-state index in [0.717, 1.165) is 6.07 Å². The van der Waals surface area contributed by atoms with Gasteiger partial charge in [-0.25, -0.2) is 13.2 Å². The second kappa shape index (κ2) is 6.64. The van der Waals surface area contributed by atoms with Gasteiger partial charge in [-0.2, -0.15) is 8.78 Å². The molecule has 2 aromatic carbocycles. The SMILES string of the molecule is Cc1ccc(NC(=O)COc2c(F)c(F)cc(F)c2F)cc1F. The van der Waals surface area contributed by atoms with Crippen LogP contribution in [-0.4, -0.2) is 12.5 Å². The normalized spacial score (nSPS) is 10.5. The summed E-state index contributed by atoms with van der Waals surface area (Å²) >= 11 is 0. The molecular formula is C15H10F5NO2. The molecule has 0 spiro atoms. The Balaban J connectivity index is 2.06. The van der Waals surface area contributed by atoms with E-state index in [2.05, 4.69) is 10.1 Å². The summed E-state index contributed by atoms with van der Waals surface area (Å²) in [6, 6.07) is 3.87. The maximum Gasteiger partial charge on any atom is 0.262 e. The van der Waals surface area contributed by atoms with E-state index in [1.54, 1.807) is 0 Å². The molecule has 8 heteroatoms. The molecule has 0 aromatic heterocycles. The molecule has 0 heterocycles. The molecule has 0 aliphatic carbocycles. The molecule has 0 atom stereocenters. The molecular weight excluding hydrogens is 321 g/mol. The highest BCUT2D eigenvalue weighted by Gasteiger charge is 2.21. The third kappa shape index (κ3) is 3.77. The van der Waals surface area contributed by atoms with Crippen molar-refractivity contribution in [2.24, 2.45) is 0 Å². The van der Waals surface area contributed by atoms with Gasteiger partial charge in [0, 0.05) is 11.8 Å². The van der Waals surface area contributed by atoms with Crippen LogP contribution in [0.4, 0.5) is 27.6 Å². The van der Waals surface area contributed by atoms with Crippen LogP contribution < -0.4 is 10.1 Å². The molecule has 3 nitrogen and oxygen atoms in total. The van der Waals surface area contributed by atoms with E-state index in [1.165, 1.54) is 19.1 Å². The van der Waals surface area contributed by atoms with Crippen LogP contribution in [0.3, 0.4) is 0 Å². The first-order valence-corrected chi connectivity index (χ1v) is 6.31. The highest BCUT2D eigenvalue weighted by atomic mass is 19.2. The molecule has 2 aromatic rings. The third-order valence-electron chi connectivity index (χ3n) is 2.87. The van der Waals surface area contributed by atoms with Crippen molar-refractivity contribution >= 4 is 11.6 Å². The van der Waals surface area contributed by atoms with Gasteiger partial charge in [-0.05, 0) is 24.6 Å². The lowest BCUT2D eigenvalue weighted by molar-refractivity contribution is -0.118. The van der Waals surface area contributed by atoms with E-state index in [1.807, 2.05) is 0 Å². The highest BCUT2D eigenvalue weighted by Crippen LogP contribution is 2.26. The Morgan fingerprint density at radius 2 is 1.61 bits per heavy atom. The summed E-state index contributed by atoms with van der Waals surface area (Å²) in [7, 11) is 0. The van der Waals surface area contributed by atoms with Crippen LogP contribution in [0.25, 0.3) is 0 Å². The zero-order valence-electron chi connectivity index (χ0n) is 11.7. The number of hydrogen-bond donors (Lipinski definition) is 1. The average Bonchev–Trinajstić information content (AvgIpc) is 2.49. The van der Waals surface area contributed by atoms with Crippen molar-refractivity contribution in [1.29, 1.82) is 0 Å². The second-order valence-electron chi connectivity index (χ2n) is 4.60. The van der Waals surface area contributed by atoms with E-state index in [-0.39, 0.29) is 11.8 Å². The average molecular weight is 331 g/mol. The number of benzene rings is 2. The van der Waals surface area contributed by atoms with Crippen molar-refractivity contribution in [1.82, 2.24) is 0 Å². The van der Waals surface area contributed by atoms with Crippen LogP contribution in [0.5, 0.6) is 5.75 Å². The molecule has 2 rings (SSSR count). The number of amides is 1. The van der Waals surface area contributed by atoms with Gasteiger partial charge < -0.3 is 10.1 Å². The maximum atomic E-state index is 13.3. The first-order valence-electron chi connectivity index (χ1n) is 6.31. The Morgan fingerprint density at radius 1 is 1.00 bits per heavy atom. The quantitative estimate of drug-likeness (QED) is 0.685. The summed E-state index contributed by atoms with van der Waals surface area (Å²) in [6.45, 7) is 0.598. The Bertz CT molecular complexity index is 738. The molecule has 1 amide bonds. The summed E-state index contributed by atoms with van der Waals surface area (Å²) in [6.07, 6.45) is 0. The smallest absolute Gasteiger partial charge is 0.262 e. The van der Waals surface area contributed by atoms with Crippen molar-refractivity contribution < 1.29 is 31.5 Å². The highest BCUT2D eigenvalue weighted by molar-refractivity contribution is 5.91. The minimum Gasteiger partial charge on any atom is -0.477 e.